The van der Waals surface area contributed by atoms with Gasteiger partial charge in [-0.1, -0.05) is 0 Å². The van der Waals surface area contributed by atoms with E-state index in [-0.39, 0.29) is 16.9 Å². The number of nitrogens with one attached hydrogen (secondary N) is 2. The third-order valence-corrected chi connectivity index (χ3v) is 3.27. The van der Waals surface area contributed by atoms with Crippen LogP contribution in [0.3, 0.4) is 0 Å². The van der Waals surface area contributed by atoms with Crippen LogP contribution in [0.15, 0.2) is 18.2 Å². The highest BCUT2D eigenvalue weighted by Crippen LogP contribution is 2.21. The maximum atomic E-state index is 12.1. The minimum Gasteiger partial charge on any atom is -0.456 e. The van der Waals surface area contributed by atoms with E-state index in [0.29, 0.717) is 13.1 Å². The van der Waals surface area contributed by atoms with Crippen molar-refractivity contribution in [2.45, 2.75) is 32.4 Å². The Hall–Kier alpha value is -2.43. The number of hydrogen-bond donors (Lipinski definition) is 2. The molecular weight excluding hydrogens is 310 g/mol. The molecule has 1 aromatic rings. The van der Waals surface area contributed by atoms with E-state index in [1.807, 2.05) is 6.07 Å². The molecule has 1 unspecified atom stereocenters. The van der Waals surface area contributed by atoms with Crippen LogP contribution in [-0.2, 0) is 9.53 Å². The Bertz CT molecular complexity index is 667. The Morgan fingerprint density at radius 1 is 1.29 bits per heavy atom. The van der Waals surface area contributed by atoms with Crippen LogP contribution in [-0.4, -0.2) is 43.2 Å². The molecule has 0 spiro atoms. The van der Waals surface area contributed by atoms with Crippen LogP contribution < -0.4 is 15.4 Å². The molecule has 128 valence electrons. The molecule has 7 heteroatoms. The molecule has 0 aliphatic carbocycles. The molecule has 0 amide bonds. The topological polar surface area (TPSA) is 100 Å². The second kappa shape index (κ2) is 7.43. The zero-order valence-corrected chi connectivity index (χ0v) is 14.0. The van der Waals surface area contributed by atoms with Gasteiger partial charge in [0.2, 0.25) is 0 Å². The number of carbonyl (C=O) groups excluding carboxylic acids is 2. The maximum absolute atomic E-state index is 12.1. The first-order valence-corrected chi connectivity index (χ1v) is 7.73. The molecule has 1 aromatic carbocycles. The zero-order valence-electron chi connectivity index (χ0n) is 14.0. The monoisotopic (exact) mass is 331 g/mol. The van der Waals surface area contributed by atoms with E-state index in [9.17, 15) is 14.9 Å². The van der Waals surface area contributed by atoms with Gasteiger partial charge in [-0.25, -0.2) is 9.59 Å². The Labute approximate surface area is 140 Å². The molecular formula is C17H21N3O4. The highest BCUT2D eigenvalue weighted by molar-refractivity contribution is 5.93. The number of benzene rings is 1. The van der Waals surface area contributed by atoms with Gasteiger partial charge in [-0.05, 0) is 39.0 Å². The van der Waals surface area contributed by atoms with E-state index in [2.05, 4.69) is 10.6 Å². The molecule has 0 aromatic heterocycles. The van der Waals surface area contributed by atoms with Crippen LogP contribution in [0.4, 0.5) is 0 Å². The first-order chi connectivity index (χ1) is 11.3. The van der Waals surface area contributed by atoms with Gasteiger partial charge in [0.15, 0.2) is 0 Å². The van der Waals surface area contributed by atoms with Crippen LogP contribution >= 0.6 is 0 Å². The molecule has 0 bridgehead atoms. The fourth-order valence-electron chi connectivity index (χ4n) is 2.20. The molecule has 0 radical (unpaired) electrons. The SMILES string of the molecule is CC(C)(C)OC(=O)c1ccc(OC(=O)C2CNCCN2)cc1C#N. The Morgan fingerprint density at radius 2 is 2.04 bits per heavy atom. The van der Waals surface area contributed by atoms with Crippen molar-refractivity contribution in [3.05, 3.63) is 29.3 Å². The lowest BCUT2D eigenvalue weighted by atomic mass is 10.1. The molecule has 1 fully saturated rings. The maximum Gasteiger partial charge on any atom is 0.340 e. The van der Waals surface area contributed by atoms with E-state index in [0.717, 1.165) is 6.54 Å². The van der Waals surface area contributed by atoms with Gasteiger partial charge in [-0.2, -0.15) is 5.26 Å². The lowest BCUT2D eigenvalue weighted by Crippen LogP contribution is -2.53. The second-order valence-corrected chi connectivity index (χ2v) is 6.45. The Morgan fingerprint density at radius 3 is 2.62 bits per heavy atom. The zero-order chi connectivity index (χ0) is 17.7. The van der Waals surface area contributed by atoms with Crippen LogP contribution in [0.1, 0.15) is 36.7 Å². The van der Waals surface area contributed by atoms with Crippen molar-refractivity contribution < 1.29 is 19.1 Å². The first-order valence-electron chi connectivity index (χ1n) is 7.73. The standard InChI is InChI=1S/C17H21N3O4/c1-17(2,3)24-15(21)13-5-4-12(8-11(13)9-18)23-16(22)14-10-19-6-7-20-14/h4-5,8,14,19-20H,6-7,10H2,1-3H3. The van der Waals surface area contributed by atoms with Gasteiger partial charge in [0.05, 0.1) is 11.1 Å². The summed E-state index contributed by atoms with van der Waals surface area (Å²) in [5.74, 6) is -0.803. The van der Waals surface area contributed by atoms with Gasteiger partial charge in [-0.3, -0.25) is 0 Å². The van der Waals surface area contributed by atoms with Gasteiger partial charge in [-0.15, -0.1) is 0 Å². The fourth-order valence-corrected chi connectivity index (χ4v) is 2.20. The van der Waals surface area contributed by atoms with Crippen molar-refractivity contribution in [1.29, 1.82) is 5.26 Å². The van der Waals surface area contributed by atoms with E-state index in [4.69, 9.17) is 9.47 Å². The summed E-state index contributed by atoms with van der Waals surface area (Å²) >= 11 is 0. The molecule has 2 N–H and O–H groups in total. The van der Waals surface area contributed by atoms with Crippen LogP contribution in [0.2, 0.25) is 0 Å². The van der Waals surface area contributed by atoms with E-state index < -0.39 is 23.6 Å². The number of carbonyl (C=O) groups is 2. The predicted molar refractivity (Wildman–Crippen MR) is 86.6 cm³/mol. The number of nitriles is 1. The smallest absolute Gasteiger partial charge is 0.340 e. The molecule has 1 atom stereocenters. The van der Waals surface area contributed by atoms with Gasteiger partial charge >= 0.3 is 11.9 Å². The van der Waals surface area contributed by atoms with Gasteiger partial charge in [0.25, 0.3) is 0 Å². The summed E-state index contributed by atoms with van der Waals surface area (Å²) < 4.78 is 10.6. The van der Waals surface area contributed by atoms with Crippen molar-refractivity contribution in [3.8, 4) is 11.8 Å². The third kappa shape index (κ3) is 4.78. The number of rotatable bonds is 3. The highest BCUT2D eigenvalue weighted by atomic mass is 16.6. The summed E-state index contributed by atoms with van der Waals surface area (Å²) in [7, 11) is 0. The van der Waals surface area contributed by atoms with Gasteiger partial charge < -0.3 is 20.1 Å². The molecule has 1 aliphatic rings. The summed E-state index contributed by atoms with van der Waals surface area (Å²) in [4.78, 5) is 24.2. The minimum atomic E-state index is -0.658. The van der Waals surface area contributed by atoms with Crippen molar-refractivity contribution in [3.63, 3.8) is 0 Å². The Balaban J connectivity index is 2.12. The summed E-state index contributed by atoms with van der Waals surface area (Å²) in [6.07, 6.45) is 0. The minimum absolute atomic E-state index is 0.101. The molecule has 1 heterocycles. The number of ether oxygens (including phenoxy) is 2. The molecule has 24 heavy (non-hydrogen) atoms. The van der Waals surface area contributed by atoms with Crippen LogP contribution in [0.5, 0.6) is 5.75 Å². The number of piperazine rings is 1. The average molecular weight is 331 g/mol. The van der Waals surface area contributed by atoms with E-state index in [1.54, 1.807) is 20.8 Å². The predicted octanol–water partition coefficient (Wildman–Crippen LogP) is 0.980. The third-order valence-electron chi connectivity index (χ3n) is 3.27. The number of hydrogen-bond acceptors (Lipinski definition) is 7. The van der Waals surface area contributed by atoms with Crippen molar-refractivity contribution in [1.82, 2.24) is 10.6 Å². The molecule has 1 aliphatic heterocycles. The quantitative estimate of drug-likeness (QED) is 0.629. The molecule has 2 rings (SSSR count). The van der Waals surface area contributed by atoms with Crippen LogP contribution in [0.25, 0.3) is 0 Å². The van der Waals surface area contributed by atoms with E-state index >= 15 is 0 Å². The number of esters is 2. The molecule has 0 saturated carbocycles. The summed E-state index contributed by atoms with van der Waals surface area (Å²) in [6.45, 7) is 7.21. The number of nitrogens with zero attached hydrogens (tertiary/aromatic N) is 1. The van der Waals surface area contributed by atoms with Crippen molar-refractivity contribution in [2.75, 3.05) is 19.6 Å². The average Bonchev–Trinajstić information content (AvgIpc) is 2.53. The van der Waals surface area contributed by atoms with Crippen molar-refractivity contribution >= 4 is 11.9 Å². The molecule has 1 saturated heterocycles. The fraction of sp³-hybridized carbons (Fsp3) is 0.471. The lowest BCUT2D eigenvalue weighted by molar-refractivity contribution is -0.136. The Kier molecular flexibility index (Phi) is 5.54. The second-order valence-electron chi connectivity index (χ2n) is 6.45. The summed E-state index contributed by atoms with van der Waals surface area (Å²) in [5, 5.41) is 15.4. The largest absolute Gasteiger partial charge is 0.456 e. The highest BCUT2D eigenvalue weighted by Gasteiger charge is 2.24. The lowest BCUT2D eigenvalue weighted by Gasteiger charge is -2.22. The normalized spacial score (nSPS) is 17.7. The summed E-state index contributed by atoms with van der Waals surface area (Å²) in [6, 6.07) is 5.78. The van der Waals surface area contributed by atoms with E-state index in [1.165, 1.54) is 18.2 Å². The first kappa shape index (κ1) is 17.9. The van der Waals surface area contributed by atoms with Crippen LogP contribution in [0, 0.1) is 11.3 Å². The van der Waals surface area contributed by atoms with Gasteiger partial charge in [0.1, 0.15) is 23.5 Å². The molecule has 7 nitrogen and oxygen atoms in total. The summed E-state index contributed by atoms with van der Waals surface area (Å²) in [5.41, 5.74) is -0.414. The van der Waals surface area contributed by atoms with Gasteiger partial charge in [0, 0.05) is 19.6 Å². The van der Waals surface area contributed by atoms with Crippen molar-refractivity contribution in [2.24, 2.45) is 0 Å².